The van der Waals surface area contributed by atoms with Gasteiger partial charge in [0.2, 0.25) is 5.91 Å². The van der Waals surface area contributed by atoms with Crippen LogP contribution in [-0.4, -0.2) is 58.6 Å². The molecule has 5 nitrogen and oxygen atoms in total. The molecule has 1 aliphatic rings. The van der Waals surface area contributed by atoms with Gasteiger partial charge in [-0.05, 0) is 25.1 Å². The molecule has 1 fully saturated rings. The van der Waals surface area contributed by atoms with Crippen LogP contribution in [0.1, 0.15) is 18.4 Å². The standard InChI is InChI=1S/C14H21N3O2/c1-16(9-12-4-2-6-15-8-12)10-13(18)11-17-7-3-5-14(17)19/h2,4,6,8,13,18H,3,5,7,9-11H2,1H3. The summed E-state index contributed by atoms with van der Waals surface area (Å²) < 4.78 is 0. The first-order valence-electron chi connectivity index (χ1n) is 6.68. The van der Waals surface area contributed by atoms with Gasteiger partial charge in [0, 0.05) is 45.0 Å². The second-order valence-corrected chi connectivity index (χ2v) is 5.16. The molecule has 5 heteroatoms. The Kier molecular flexibility index (Phi) is 4.87. The molecule has 104 valence electrons. The highest BCUT2D eigenvalue weighted by Crippen LogP contribution is 2.10. The third kappa shape index (κ3) is 4.29. The normalized spacial score (nSPS) is 17.2. The van der Waals surface area contributed by atoms with E-state index < -0.39 is 6.10 Å². The summed E-state index contributed by atoms with van der Waals surface area (Å²) in [6, 6.07) is 3.92. The minimum Gasteiger partial charge on any atom is -0.390 e. The van der Waals surface area contributed by atoms with Gasteiger partial charge in [-0.1, -0.05) is 6.07 Å². The van der Waals surface area contributed by atoms with Crippen molar-refractivity contribution in [2.24, 2.45) is 0 Å². The third-order valence-corrected chi connectivity index (χ3v) is 3.30. The molecule has 2 heterocycles. The van der Waals surface area contributed by atoms with Gasteiger partial charge in [-0.3, -0.25) is 14.7 Å². The molecule has 1 amide bonds. The van der Waals surface area contributed by atoms with E-state index in [2.05, 4.69) is 4.98 Å². The van der Waals surface area contributed by atoms with E-state index in [9.17, 15) is 9.90 Å². The molecule has 1 atom stereocenters. The Balaban J connectivity index is 1.75. The largest absolute Gasteiger partial charge is 0.390 e. The number of pyridine rings is 1. The number of hydrogen-bond acceptors (Lipinski definition) is 4. The number of carbonyl (C=O) groups excluding carboxylic acids is 1. The molecule has 1 N–H and O–H groups in total. The molecule has 19 heavy (non-hydrogen) atoms. The van der Waals surface area contributed by atoms with Crippen LogP contribution in [0, 0.1) is 0 Å². The number of nitrogens with zero attached hydrogens (tertiary/aromatic N) is 3. The first-order chi connectivity index (χ1) is 9.15. The van der Waals surface area contributed by atoms with Crippen LogP contribution in [0.15, 0.2) is 24.5 Å². The van der Waals surface area contributed by atoms with Crippen LogP contribution < -0.4 is 0 Å². The van der Waals surface area contributed by atoms with Crippen LogP contribution in [-0.2, 0) is 11.3 Å². The molecule has 0 aromatic carbocycles. The van der Waals surface area contributed by atoms with Crippen molar-refractivity contribution in [2.75, 3.05) is 26.7 Å². The Morgan fingerprint density at radius 3 is 3.05 bits per heavy atom. The molecule has 2 rings (SSSR count). The van der Waals surface area contributed by atoms with E-state index in [0.717, 1.165) is 25.1 Å². The Morgan fingerprint density at radius 2 is 2.42 bits per heavy atom. The second-order valence-electron chi connectivity index (χ2n) is 5.16. The number of hydrogen-bond donors (Lipinski definition) is 1. The number of β-amino-alcohol motifs (C(OH)–C–C–N with tert-alkyl or cyclic N) is 1. The van der Waals surface area contributed by atoms with E-state index in [0.29, 0.717) is 19.5 Å². The number of aliphatic hydroxyl groups is 1. The van der Waals surface area contributed by atoms with E-state index in [1.54, 1.807) is 11.1 Å². The van der Waals surface area contributed by atoms with Crippen LogP contribution in [0.3, 0.4) is 0 Å². The summed E-state index contributed by atoms with van der Waals surface area (Å²) in [5, 5.41) is 10.0. The van der Waals surface area contributed by atoms with Gasteiger partial charge in [0.25, 0.3) is 0 Å². The number of aliphatic hydroxyl groups excluding tert-OH is 1. The molecule has 1 saturated heterocycles. The number of likely N-dealkylation sites (N-methyl/N-ethyl adjacent to an activating group) is 1. The second kappa shape index (κ2) is 6.63. The fourth-order valence-corrected chi connectivity index (χ4v) is 2.44. The third-order valence-electron chi connectivity index (χ3n) is 3.30. The lowest BCUT2D eigenvalue weighted by atomic mass is 10.2. The first-order valence-corrected chi connectivity index (χ1v) is 6.68. The Labute approximate surface area is 113 Å². The summed E-state index contributed by atoms with van der Waals surface area (Å²) in [5.41, 5.74) is 1.12. The molecular formula is C14H21N3O2. The average molecular weight is 263 g/mol. The maximum atomic E-state index is 11.5. The molecule has 0 radical (unpaired) electrons. The first kappa shape index (κ1) is 14.0. The SMILES string of the molecule is CN(Cc1cccnc1)CC(O)CN1CCCC1=O. The number of carbonyl (C=O) groups is 1. The van der Waals surface area contributed by atoms with Gasteiger partial charge >= 0.3 is 0 Å². The monoisotopic (exact) mass is 263 g/mol. The van der Waals surface area contributed by atoms with Crippen LogP contribution in [0.2, 0.25) is 0 Å². The van der Waals surface area contributed by atoms with E-state index in [-0.39, 0.29) is 5.91 Å². The van der Waals surface area contributed by atoms with E-state index in [4.69, 9.17) is 0 Å². The lowest BCUT2D eigenvalue weighted by Gasteiger charge is -2.24. The van der Waals surface area contributed by atoms with Crippen LogP contribution >= 0.6 is 0 Å². The van der Waals surface area contributed by atoms with Crippen LogP contribution in [0.4, 0.5) is 0 Å². The van der Waals surface area contributed by atoms with Crippen molar-refractivity contribution in [3.8, 4) is 0 Å². The summed E-state index contributed by atoms with van der Waals surface area (Å²) in [6.07, 6.45) is 4.61. The minimum absolute atomic E-state index is 0.161. The zero-order valence-electron chi connectivity index (χ0n) is 11.3. The summed E-state index contributed by atoms with van der Waals surface area (Å²) in [5.74, 6) is 0.161. The number of aromatic nitrogens is 1. The fourth-order valence-electron chi connectivity index (χ4n) is 2.44. The van der Waals surface area contributed by atoms with Crippen molar-refractivity contribution in [1.29, 1.82) is 0 Å². The molecule has 0 saturated carbocycles. The van der Waals surface area contributed by atoms with Gasteiger partial charge in [-0.15, -0.1) is 0 Å². The molecule has 1 aliphatic heterocycles. The highest BCUT2D eigenvalue weighted by atomic mass is 16.3. The summed E-state index contributed by atoms with van der Waals surface area (Å²) in [6.45, 7) is 2.52. The summed E-state index contributed by atoms with van der Waals surface area (Å²) >= 11 is 0. The molecule has 1 aromatic heterocycles. The molecule has 0 spiro atoms. The zero-order valence-corrected chi connectivity index (χ0v) is 11.3. The maximum absolute atomic E-state index is 11.5. The van der Waals surface area contributed by atoms with Crippen molar-refractivity contribution < 1.29 is 9.90 Å². The highest BCUT2D eigenvalue weighted by Gasteiger charge is 2.22. The van der Waals surface area contributed by atoms with E-state index in [1.165, 1.54) is 0 Å². The Hall–Kier alpha value is -1.46. The van der Waals surface area contributed by atoms with Gasteiger partial charge in [-0.2, -0.15) is 0 Å². The van der Waals surface area contributed by atoms with Gasteiger partial charge in [0.1, 0.15) is 0 Å². The van der Waals surface area contributed by atoms with Gasteiger partial charge in [-0.25, -0.2) is 0 Å². The van der Waals surface area contributed by atoms with Crippen molar-refractivity contribution in [3.05, 3.63) is 30.1 Å². The number of likely N-dealkylation sites (tertiary alicyclic amines) is 1. The van der Waals surface area contributed by atoms with Crippen molar-refractivity contribution in [1.82, 2.24) is 14.8 Å². The van der Waals surface area contributed by atoms with Gasteiger partial charge in [0.15, 0.2) is 0 Å². The quantitative estimate of drug-likeness (QED) is 0.812. The number of amides is 1. The topological polar surface area (TPSA) is 56.7 Å². The molecule has 1 unspecified atom stereocenters. The molecular weight excluding hydrogens is 242 g/mol. The van der Waals surface area contributed by atoms with E-state index in [1.807, 2.05) is 30.3 Å². The average Bonchev–Trinajstić information content (AvgIpc) is 2.76. The lowest BCUT2D eigenvalue weighted by molar-refractivity contribution is -0.129. The van der Waals surface area contributed by atoms with Crippen LogP contribution in [0.5, 0.6) is 0 Å². The minimum atomic E-state index is -0.497. The van der Waals surface area contributed by atoms with Crippen molar-refractivity contribution >= 4 is 5.91 Å². The number of rotatable bonds is 6. The summed E-state index contributed by atoms with van der Waals surface area (Å²) in [4.78, 5) is 19.3. The zero-order chi connectivity index (χ0) is 13.7. The molecule has 1 aromatic rings. The molecule has 0 bridgehead atoms. The summed E-state index contributed by atoms with van der Waals surface area (Å²) in [7, 11) is 1.96. The van der Waals surface area contributed by atoms with Crippen molar-refractivity contribution in [2.45, 2.75) is 25.5 Å². The van der Waals surface area contributed by atoms with Gasteiger partial charge in [0.05, 0.1) is 6.10 Å². The Morgan fingerprint density at radius 1 is 1.58 bits per heavy atom. The van der Waals surface area contributed by atoms with E-state index >= 15 is 0 Å². The Bertz CT molecular complexity index is 410. The lowest BCUT2D eigenvalue weighted by Crippen LogP contribution is -2.39. The molecule has 0 aliphatic carbocycles. The smallest absolute Gasteiger partial charge is 0.222 e. The van der Waals surface area contributed by atoms with Crippen molar-refractivity contribution in [3.63, 3.8) is 0 Å². The van der Waals surface area contributed by atoms with Gasteiger partial charge < -0.3 is 10.0 Å². The maximum Gasteiger partial charge on any atom is 0.222 e. The highest BCUT2D eigenvalue weighted by molar-refractivity contribution is 5.78. The predicted molar refractivity (Wildman–Crippen MR) is 72.4 cm³/mol. The fraction of sp³-hybridized carbons (Fsp3) is 0.571. The predicted octanol–water partition coefficient (Wildman–Crippen LogP) is 0.497. The van der Waals surface area contributed by atoms with Crippen LogP contribution in [0.25, 0.3) is 0 Å².